The summed E-state index contributed by atoms with van der Waals surface area (Å²) in [6, 6.07) is 6.37. The third-order valence-electron chi connectivity index (χ3n) is 1.76. The molecule has 0 aliphatic heterocycles. The van der Waals surface area contributed by atoms with Gasteiger partial charge in [-0.3, -0.25) is 0 Å². The number of methoxy groups -OCH3 is 1. The van der Waals surface area contributed by atoms with Crippen LogP contribution >= 0.6 is 0 Å². The van der Waals surface area contributed by atoms with Crippen LogP contribution in [-0.2, 0) is 9.47 Å². The van der Waals surface area contributed by atoms with E-state index in [-0.39, 0.29) is 0 Å². The van der Waals surface area contributed by atoms with E-state index in [4.69, 9.17) is 20.7 Å². The Hall–Kier alpha value is -2.24. The van der Waals surface area contributed by atoms with Gasteiger partial charge in [0.25, 0.3) is 0 Å². The van der Waals surface area contributed by atoms with Crippen LogP contribution in [0.15, 0.2) is 29.4 Å². The number of primary amides is 1. The van der Waals surface area contributed by atoms with E-state index in [2.05, 4.69) is 10.0 Å². The van der Waals surface area contributed by atoms with Gasteiger partial charge in [-0.15, -0.1) is 0 Å². The molecule has 2 N–H and O–H groups in total. The predicted molar refractivity (Wildman–Crippen MR) is 55.7 cm³/mol. The molecule has 0 fully saturated rings. The number of azide groups is 1. The number of hydrogen-bond donors (Lipinski definition) is 1. The van der Waals surface area contributed by atoms with Crippen LogP contribution < -0.4 is 5.73 Å². The van der Waals surface area contributed by atoms with Gasteiger partial charge in [0.1, 0.15) is 0 Å². The van der Waals surface area contributed by atoms with E-state index in [9.17, 15) is 4.79 Å². The van der Waals surface area contributed by atoms with Crippen LogP contribution in [0.3, 0.4) is 0 Å². The lowest BCUT2D eigenvalue weighted by Gasteiger charge is -2.14. The fourth-order valence-corrected chi connectivity index (χ4v) is 1.11. The van der Waals surface area contributed by atoms with E-state index in [0.29, 0.717) is 11.3 Å². The van der Waals surface area contributed by atoms with Gasteiger partial charge in [-0.25, -0.2) is 4.79 Å². The lowest BCUT2D eigenvalue weighted by Crippen LogP contribution is -2.18. The van der Waals surface area contributed by atoms with E-state index in [1.807, 2.05) is 0 Å². The summed E-state index contributed by atoms with van der Waals surface area (Å²) < 4.78 is 9.62. The topological polar surface area (TPSA) is 110 Å². The first-order valence-corrected chi connectivity index (χ1v) is 4.31. The summed E-state index contributed by atoms with van der Waals surface area (Å²) in [4.78, 5) is 13.2. The average molecular weight is 222 g/mol. The maximum atomic E-state index is 10.6. The first kappa shape index (κ1) is 11.8. The van der Waals surface area contributed by atoms with Crippen molar-refractivity contribution < 1.29 is 14.3 Å². The Kier molecular flexibility index (Phi) is 4.14. The van der Waals surface area contributed by atoms with Crippen LogP contribution in [-0.4, -0.2) is 13.2 Å². The predicted octanol–water partition coefficient (Wildman–Crippen LogP) is 2.37. The second-order valence-electron chi connectivity index (χ2n) is 2.79. The summed E-state index contributed by atoms with van der Waals surface area (Å²) in [7, 11) is 1.38. The zero-order valence-corrected chi connectivity index (χ0v) is 8.53. The summed E-state index contributed by atoms with van der Waals surface area (Å²) in [6.45, 7) is 0. The molecule has 0 aliphatic rings. The number of carbonyl (C=O) groups is 1. The Morgan fingerprint density at radius 2 is 2.12 bits per heavy atom. The highest BCUT2D eigenvalue weighted by Gasteiger charge is 2.13. The number of nitrogens with two attached hydrogens (primary N) is 1. The summed E-state index contributed by atoms with van der Waals surface area (Å²) in [5.74, 6) is 0. The molecule has 0 aromatic heterocycles. The van der Waals surface area contributed by atoms with Crippen molar-refractivity contribution in [2.24, 2.45) is 10.8 Å². The number of rotatable bonds is 4. The van der Waals surface area contributed by atoms with Crippen molar-refractivity contribution >= 4 is 11.8 Å². The Morgan fingerprint density at radius 1 is 1.50 bits per heavy atom. The maximum absolute atomic E-state index is 10.6. The lowest BCUT2D eigenvalue weighted by atomic mass is 10.2. The molecule has 0 aliphatic carbocycles. The number of ether oxygens (including phenoxy) is 2. The molecule has 1 rings (SSSR count). The van der Waals surface area contributed by atoms with Crippen LogP contribution in [0.25, 0.3) is 10.4 Å². The van der Waals surface area contributed by atoms with Crippen LogP contribution in [0.4, 0.5) is 10.5 Å². The van der Waals surface area contributed by atoms with Crippen LogP contribution in [0.2, 0.25) is 0 Å². The molecule has 7 heteroatoms. The van der Waals surface area contributed by atoms with Crippen LogP contribution in [0, 0.1) is 0 Å². The highest BCUT2D eigenvalue weighted by molar-refractivity contribution is 5.64. The Morgan fingerprint density at radius 3 is 2.56 bits per heavy atom. The summed E-state index contributed by atoms with van der Waals surface area (Å²) in [5, 5.41) is 3.40. The second kappa shape index (κ2) is 5.59. The average Bonchev–Trinajstić information content (AvgIpc) is 2.27. The van der Waals surface area contributed by atoms with Crippen molar-refractivity contribution in [1.82, 2.24) is 0 Å². The lowest BCUT2D eigenvalue weighted by molar-refractivity contribution is -0.0816. The van der Waals surface area contributed by atoms with Gasteiger partial charge in [-0.2, -0.15) is 0 Å². The van der Waals surface area contributed by atoms with Gasteiger partial charge in [0.15, 0.2) is 0 Å². The Balaban J connectivity index is 2.85. The molecule has 0 heterocycles. The minimum Gasteiger partial charge on any atom is -0.415 e. The summed E-state index contributed by atoms with van der Waals surface area (Å²) >= 11 is 0. The summed E-state index contributed by atoms with van der Waals surface area (Å²) in [5.41, 5.74) is 14.1. The molecule has 1 amide bonds. The van der Waals surface area contributed by atoms with Gasteiger partial charge < -0.3 is 15.2 Å². The zero-order chi connectivity index (χ0) is 12.0. The Bertz CT molecular complexity index is 411. The third kappa shape index (κ3) is 3.16. The van der Waals surface area contributed by atoms with Gasteiger partial charge in [0, 0.05) is 23.3 Å². The minimum absolute atomic E-state index is 0.458. The van der Waals surface area contributed by atoms with Crippen LogP contribution in [0.5, 0.6) is 0 Å². The molecule has 1 aromatic rings. The van der Waals surface area contributed by atoms with E-state index in [1.165, 1.54) is 7.11 Å². The quantitative estimate of drug-likeness (QED) is 0.365. The molecule has 0 radical (unpaired) electrons. The largest absolute Gasteiger partial charge is 0.415 e. The van der Waals surface area contributed by atoms with Crippen molar-refractivity contribution in [3.8, 4) is 0 Å². The molecule has 1 atom stereocenters. The number of hydrogen-bond acceptors (Lipinski definition) is 4. The fourth-order valence-electron chi connectivity index (χ4n) is 1.11. The molecule has 0 saturated heterocycles. The van der Waals surface area contributed by atoms with Gasteiger partial charge >= 0.3 is 6.09 Å². The number of benzene rings is 1. The molecule has 1 aromatic carbocycles. The maximum Gasteiger partial charge on any atom is 0.407 e. The SMILES string of the molecule is COC(OC(N)=O)c1ccc(N=[N+]=[N-])cc1. The van der Waals surface area contributed by atoms with E-state index >= 15 is 0 Å². The van der Waals surface area contributed by atoms with Crippen molar-refractivity contribution in [3.05, 3.63) is 40.3 Å². The van der Waals surface area contributed by atoms with E-state index in [1.54, 1.807) is 24.3 Å². The second-order valence-corrected chi connectivity index (χ2v) is 2.79. The first-order chi connectivity index (χ1) is 7.67. The van der Waals surface area contributed by atoms with Gasteiger partial charge in [-0.1, -0.05) is 29.4 Å². The number of carbonyl (C=O) groups excluding carboxylic acids is 1. The molecule has 1 unspecified atom stereocenters. The molecule has 7 nitrogen and oxygen atoms in total. The fraction of sp³-hybridized carbons (Fsp3) is 0.222. The van der Waals surface area contributed by atoms with Gasteiger partial charge in [0.05, 0.1) is 0 Å². The molecule has 0 bridgehead atoms. The number of amides is 1. The van der Waals surface area contributed by atoms with Gasteiger partial charge in [0.2, 0.25) is 6.29 Å². The monoisotopic (exact) mass is 222 g/mol. The third-order valence-corrected chi connectivity index (χ3v) is 1.76. The molecule has 84 valence electrons. The first-order valence-electron chi connectivity index (χ1n) is 4.31. The molecule has 16 heavy (non-hydrogen) atoms. The zero-order valence-electron chi connectivity index (χ0n) is 8.53. The van der Waals surface area contributed by atoms with Crippen LogP contribution in [0.1, 0.15) is 11.9 Å². The van der Waals surface area contributed by atoms with Crippen molar-refractivity contribution in [1.29, 1.82) is 0 Å². The standard InChI is InChI=1S/C9H10N4O3/c1-15-8(16-9(10)14)6-2-4-7(5-3-6)12-13-11/h2-5,8H,1H3,(H2,10,14). The van der Waals surface area contributed by atoms with E-state index in [0.717, 1.165) is 0 Å². The van der Waals surface area contributed by atoms with Crippen molar-refractivity contribution in [3.63, 3.8) is 0 Å². The van der Waals surface area contributed by atoms with Gasteiger partial charge in [-0.05, 0) is 5.53 Å². The normalized spacial score (nSPS) is 11.3. The summed E-state index contributed by atoms with van der Waals surface area (Å²) in [6.07, 6.45) is -1.79. The highest BCUT2D eigenvalue weighted by Crippen LogP contribution is 2.21. The molecular formula is C9H10N4O3. The smallest absolute Gasteiger partial charge is 0.407 e. The highest BCUT2D eigenvalue weighted by atomic mass is 16.7. The number of nitrogens with zero attached hydrogens (tertiary/aromatic N) is 3. The van der Waals surface area contributed by atoms with E-state index < -0.39 is 12.4 Å². The molecule has 0 spiro atoms. The minimum atomic E-state index is -0.925. The Labute approximate surface area is 91.4 Å². The van der Waals surface area contributed by atoms with Crippen molar-refractivity contribution in [2.75, 3.05) is 7.11 Å². The van der Waals surface area contributed by atoms with Crippen molar-refractivity contribution in [2.45, 2.75) is 6.29 Å². The molecule has 0 saturated carbocycles. The molecular weight excluding hydrogens is 212 g/mol.